The van der Waals surface area contributed by atoms with Crippen LogP contribution < -0.4 is 0 Å². The highest BCUT2D eigenvalue weighted by Crippen LogP contribution is 2.40. The molecule has 0 spiro atoms. The summed E-state index contributed by atoms with van der Waals surface area (Å²) in [5.41, 5.74) is 18.0. The first kappa shape index (κ1) is 43.0. The lowest BCUT2D eigenvalue weighted by Crippen LogP contribution is -2.04. The summed E-state index contributed by atoms with van der Waals surface area (Å²) in [6.45, 7) is 0. The molecule has 0 fully saturated rings. The summed E-state index contributed by atoms with van der Waals surface area (Å²) < 4.78 is 4.76. The molecule has 0 saturated heterocycles. The Morgan fingerprint density at radius 2 is 0.716 bits per heavy atom. The van der Waals surface area contributed by atoms with Gasteiger partial charge in [0, 0.05) is 66.7 Å². The van der Waals surface area contributed by atoms with Crippen molar-refractivity contribution in [1.29, 1.82) is 0 Å². The fraction of sp³-hybridized carbons (Fsp3) is 0.0294. The minimum Gasteiger partial charge on any atom is -0.309 e. The van der Waals surface area contributed by atoms with E-state index >= 15 is 0 Å². The topological polar surface area (TPSA) is 61.4 Å². The number of fused-ring (bicyclic) bond motifs is 6. The van der Waals surface area contributed by atoms with Crippen molar-refractivity contribution in [3.05, 3.63) is 267 Å². The van der Waals surface area contributed by atoms with Crippen molar-refractivity contribution < 1.29 is 0 Å². The van der Waals surface area contributed by atoms with Gasteiger partial charge in [-0.2, -0.15) is 0 Å². The molecular formula is C68H46N6. The van der Waals surface area contributed by atoms with Crippen LogP contribution in [0.5, 0.6) is 0 Å². The second-order valence-corrected chi connectivity index (χ2v) is 19.0. The molecular weight excluding hydrogens is 901 g/mol. The van der Waals surface area contributed by atoms with Crippen molar-refractivity contribution in [2.24, 2.45) is 0 Å². The third kappa shape index (κ3) is 7.68. The van der Waals surface area contributed by atoms with Gasteiger partial charge in [-0.25, -0.2) is 19.9 Å². The van der Waals surface area contributed by atoms with Crippen molar-refractivity contribution in [3.8, 4) is 79.0 Å². The molecule has 14 rings (SSSR count). The molecule has 4 aromatic heterocycles. The van der Waals surface area contributed by atoms with E-state index < -0.39 is 0 Å². The SMILES string of the molecule is C1=CCC(c2cc(-c3ccc(-n4c5ccccc5c5cc(-c6ccc7c(c6)c6ccccc6n7-c6ccc(-c7cc(-c8ccccc8)nc(-c8ccccc8)n7)cc6)ccc54)cc3)nc(-c3ccccc3)n2)C=C1. The zero-order valence-corrected chi connectivity index (χ0v) is 40.3. The van der Waals surface area contributed by atoms with Gasteiger partial charge in [0.05, 0.1) is 44.8 Å². The minimum atomic E-state index is 0.207. The number of allylic oxidation sites excluding steroid dienone is 4. The normalized spacial score (nSPS) is 13.4. The molecule has 6 nitrogen and oxygen atoms in total. The first-order valence-corrected chi connectivity index (χ1v) is 25.2. The molecule has 348 valence electrons. The summed E-state index contributed by atoms with van der Waals surface area (Å²) in [5, 5.41) is 4.84. The van der Waals surface area contributed by atoms with Crippen LogP contribution in [0.15, 0.2) is 261 Å². The lowest BCUT2D eigenvalue weighted by molar-refractivity contribution is 0.811. The van der Waals surface area contributed by atoms with Gasteiger partial charge in [0.2, 0.25) is 0 Å². The number of aromatic nitrogens is 6. The Bertz CT molecular complexity index is 4250. The van der Waals surface area contributed by atoms with Crippen molar-refractivity contribution in [2.75, 3.05) is 0 Å². The van der Waals surface area contributed by atoms with E-state index in [9.17, 15) is 0 Å². The zero-order valence-electron chi connectivity index (χ0n) is 40.3. The van der Waals surface area contributed by atoms with Gasteiger partial charge in [-0.05, 0) is 90.3 Å². The molecule has 4 heterocycles. The van der Waals surface area contributed by atoms with Crippen LogP contribution in [0, 0.1) is 0 Å². The molecule has 1 aliphatic rings. The highest BCUT2D eigenvalue weighted by atomic mass is 15.0. The summed E-state index contributed by atoms with van der Waals surface area (Å²) in [6, 6.07) is 84.0. The van der Waals surface area contributed by atoms with E-state index in [1.807, 2.05) is 54.6 Å². The molecule has 6 heteroatoms. The Morgan fingerprint density at radius 1 is 0.311 bits per heavy atom. The Balaban J connectivity index is 0.811. The van der Waals surface area contributed by atoms with Crippen molar-refractivity contribution >= 4 is 43.6 Å². The van der Waals surface area contributed by atoms with Crippen LogP contribution in [-0.4, -0.2) is 29.1 Å². The summed E-state index contributed by atoms with van der Waals surface area (Å²) in [4.78, 5) is 20.3. The number of benzene rings is 9. The smallest absolute Gasteiger partial charge is 0.160 e. The van der Waals surface area contributed by atoms with Gasteiger partial charge in [0.1, 0.15) is 0 Å². The Kier molecular flexibility index (Phi) is 10.5. The van der Waals surface area contributed by atoms with Gasteiger partial charge in [-0.1, -0.05) is 188 Å². The number of hydrogen-bond donors (Lipinski definition) is 0. The second-order valence-electron chi connectivity index (χ2n) is 19.0. The highest BCUT2D eigenvalue weighted by Gasteiger charge is 2.19. The predicted molar refractivity (Wildman–Crippen MR) is 305 cm³/mol. The average molecular weight is 947 g/mol. The summed E-state index contributed by atoms with van der Waals surface area (Å²) in [5.74, 6) is 1.66. The lowest BCUT2D eigenvalue weighted by atomic mass is 9.95. The number of rotatable bonds is 9. The zero-order chi connectivity index (χ0) is 49.0. The quantitative estimate of drug-likeness (QED) is 0.145. The Labute approximate surface area is 428 Å². The second kappa shape index (κ2) is 18.1. The molecule has 0 N–H and O–H groups in total. The van der Waals surface area contributed by atoms with Crippen molar-refractivity contribution in [1.82, 2.24) is 29.1 Å². The van der Waals surface area contributed by atoms with Gasteiger partial charge < -0.3 is 9.13 Å². The molecule has 0 bridgehead atoms. The largest absolute Gasteiger partial charge is 0.309 e. The molecule has 74 heavy (non-hydrogen) atoms. The third-order valence-corrected chi connectivity index (χ3v) is 14.5. The maximum Gasteiger partial charge on any atom is 0.160 e. The van der Waals surface area contributed by atoms with Crippen LogP contribution in [0.1, 0.15) is 18.0 Å². The predicted octanol–water partition coefficient (Wildman–Crippen LogP) is 17.1. The van der Waals surface area contributed by atoms with E-state index in [4.69, 9.17) is 19.9 Å². The first-order chi connectivity index (χ1) is 36.7. The molecule has 0 saturated carbocycles. The number of nitrogens with zero attached hydrogens (tertiary/aromatic N) is 6. The summed E-state index contributed by atoms with van der Waals surface area (Å²) in [7, 11) is 0. The molecule has 1 unspecified atom stereocenters. The van der Waals surface area contributed by atoms with Gasteiger partial charge >= 0.3 is 0 Å². The van der Waals surface area contributed by atoms with Gasteiger partial charge in [0.25, 0.3) is 0 Å². The van der Waals surface area contributed by atoms with E-state index in [2.05, 4.69) is 215 Å². The molecule has 1 aliphatic carbocycles. The van der Waals surface area contributed by atoms with Crippen LogP contribution in [-0.2, 0) is 0 Å². The van der Waals surface area contributed by atoms with Crippen LogP contribution in [0.2, 0.25) is 0 Å². The van der Waals surface area contributed by atoms with E-state index in [0.717, 1.165) is 96.3 Å². The minimum absolute atomic E-state index is 0.207. The fourth-order valence-electron chi connectivity index (χ4n) is 10.8. The maximum absolute atomic E-state index is 5.12. The van der Waals surface area contributed by atoms with Gasteiger partial charge in [-0.3, -0.25) is 0 Å². The maximum atomic E-state index is 5.12. The third-order valence-electron chi connectivity index (χ3n) is 14.5. The molecule has 0 amide bonds. The lowest BCUT2D eigenvalue weighted by Gasteiger charge is -2.16. The van der Waals surface area contributed by atoms with Crippen molar-refractivity contribution in [3.63, 3.8) is 0 Å². The van der Waals surface area contributed by atoms with Crippen LogP contribution in [0.3, 0.4) is 0 Å². The molecule has 13 aromatic rings. The van der Waals surface area contributed by atoms with Gasteiger partial charge in [-0.15, -0.1) is 0 Å². The molecule has 0 aliphatic heterocycles. The summed E-state index contributed by atoms with van der Waals surface area (Å²) >= 11 is 0. The molecule has 1 atom stereocenters. The van der Waals surface area contributed by atoms with Gasteiger partial charge in [0.15, 0.2) is 11.6 Å². The highest BCUT2D eigenvalue weighted by molar-refractivity contribution is 6.12. The standard InChI is InChI=1S/C68H46N6/c1-5-17-45(18-6-1)59-43-61(71-67(69-59)49-21-9-3-10-22-49)47-29-35-53(36-30-47)73-63-27-15-13-25-55(63)57-41-51(33-39-65(57)73)52-34-40-66-58(42-52)56-26-14-16-28-64(56)74(66)54-37-31-48(32-38-54)62-44-60(46-19-7-2-8-20-46)70-68(72-62)50-23-11-4-12-24-50/h1-19,21-44,46H,20H2. The van der Waals surface area contributed by atoms with Crippen molar-refractivity contribution in [2.45, 2.75) is 12.3 Å². The molecule has 9 aromatic carbocycles. The first-order valence-electron chi connectivity index (χ1n) is 25.2. The Hall–Kier alpha value is -9.78. The number of para-hydroxylation sites is 2. The van der Waals surface area contributed by atoms with E-state index in [1.54, 1.807) is 0 Å². The van der Waals surface area contributed by atoms with E-state index in [1.165, 1.54) is 32.7 Å². The van der Waals surface area contributed by atoms with E-state index in [0.29, 0.717) is 5.82 Å². The number of hydrogen-bond acceptors (Lipinski definition) is 4. The van der Waals surface area contributed by atoms with Crippen LogP contribution in [0.25, 0.3) is 123 Å². The summed E-state index contributed by atoms with van der Waals surface area (Å²) in [6.07, 6.45) is 9.59. The molecule has 0 radical (unpaired) electrons. The average Bonchev–Trinajstić information content (AvgIpc) is 4.02. The van der Waals surface area contributed by atoms with E-state index in [-0.39, 0.29) is 5.92 Å². The van der Waals surface area contributed by atoms with Crippen LogP contribution in [0.4, 0.5) is 0 Å². The Morgan fingerprint density at radius 3 is 1.20 bits per heavy atom. The van der Waals surface area contributed by atoms with Crippen LogP contribution >= 0.6 is 0 Å². The monoisotopic (exact) mass is 946 g/mol. The fourth-order valence-corrected chi connectivity index (χ4v) is 10.8.